The lowest BCUT2D eigenvalue weighted by Gasteiger charge is -2.06. The third kappa shape index (κ3) is 3.13. The molecule has 0 aliphatic heterocycles. The van der Waals surface area contributed by atoms with Crippen molar-refractivity contribution in [1.29, 1.82) is 0 Å². The third-order valence-electron chi connectivity index (χ3n) is 4.35. The van der Waals surface area contributed by atoms with Gasteiger partial charge in [-0.2, -0.15) is 0 Å². The molecule has 0 radical (unpaired) electrons. The van der Waals surface area contributed by atoms with Gasteiger partial charge in [0.1, 0.15) is 30.3 Å². The van der Waals surface area contributed by atoms with E-state index >= 15 is 0 Å². The van der Waals surface area contributed by atoms with E-state index in [0.717, 1.165) is 11.5 Å². The minimum Gasteiger partial charge on any atom is -0.237 e. The second-order valence-corrected chi connectivity index (χ2v) is 6.58. The predicted molar refractivity (Wildman–Crippen MR) is 98.4 cm³/mol. The van der Waals surface area contributed by atoms with Crippen molar-refractivity contribution in [3.05, 3.63) is 83.8 Å². The molecule has 6 nitrogen and oxygen atoms in total. The molecule has 0 aliphatic rings. The summed E-state index contributed by atoms with van der Waals surface area (Å²) < 4.78 is 5.96. The molecule has 3 heterocycles. The van der Waals surface area contributed by atoms with E-state index in [9.17, 15) is 0 Å². The molecule has 0 saturated heterocycles. The van der Waals surface area contributed by atoms with Crippen LogP contribution in [0.5, 0.6) is 0 Å². The minimum atomic E-state index is 0.657. The summed E-state index contributed by atoms with van der Waals surface area (Å²) in [5, 5.41) is 8.43. The van der Waals surface area contributed by atoms with E-state index in [2.05, 4.69) is 76.1 Å². The maximum absolute atomic E-state index is 4.29. The van der Waals surface area contributed by atoms with Gasteiger partial charge in [-0.1, -0.05) is 29.0 Å². The van der Waals surface area contributed by atoms with Gasteiger partial charge < -0.3 is 0 Å². The van der Waals surface area contributed by atoms with Gasteiger partial charge >= 0.3 is 0 Å². The lowest BCUT2D eigenvalue weighted by Crippen LogP contribution is -2.31. The van der Waals surface area contributed by atoms with Crippen molar-refractivity contribution in [2.45, 2.75) is 27.3 Å². The second-order valence-electron chi connectivity index (χ2n) is 6.58. The van der Waals surface area contributed by atoms with Gasteiger partial charge in [0.25, 0.3) is 0 Å². The lowest BCUT2D eigenvalue weighted by atomic mass is 10.1. The average molecular weight is 345 g/mol. The summed E-state index contributed by atoms with van der Waals surface area (Å²) in [6, 6.07) is 10.2. The number of aromatic nitrogens is 6. The Morgan fingerprint density at radius 1 is 1.08 bits per heavy atom. The standard InChI is InChI=1S/C20H21N6/c1-15-10-16(2)20(17(3)11-15)25-9-8-24(14-25)12-18-13-26(23-22-18)19-6-4-5-7-21-19/h4-11,13-14H,12H2,1-3H3/q+1. The van der Waals surface area contributed by atoms with Gasteiger partial charge in [-0.3, -0.25) is 0 Å². The van der Waals surface area contributed by atoms with Crippen molar-refractivity contribution in [3.63, 3.8) is 0 Å². The van der Waals surface area contributed by atoms with Crippen molar-refractivity contribution in [1.82, 2.24) is 24.5 Å². The van der Waals surface area contributed by atoms with Gasteiger partial charge in [-0.05, 0) is 44.0 Å². The molecule has 4 aromatic rings. The van der Waals surface area contributed by atoms with Crippen LogP contribution in [0.3, 0.4) is 0 Å². The largest absolute Gasteiger partial charge is 0.249 e. The fraction of sp³-hybridized carbons (Fsp3) is 0.200. The highest BCUT2D eigenvalue weighted by molar-refractivity contribution is 5.48. The van der Waals surface area contributed by atoms with Crippen LogP contribution < -0.4 is 4.57 Å². The highest BCUT2D eigenvalue weighted by atomic mass is 15.4. The summed E-state index contributed by atoms with van der Waals surface area (Å²) in [5.74, 6) is 0.764. The fourth-order valence-corrected chi connectivity index (χ4v) is 3.36. The van der Waals surface area contributed by atoms with Crippen LogP contribution in [-0.2, 0) is 6.54 Å². The molecule has 0 unspecified atom stereocenters. The summed E-state index contributed by atoms with van der Waals surface area (Å²) in [7, 11) is 0. The van der Waals surface area contributed by atoms with Crippen molar-refractivity contribution in [3.8, 4) is 11.5 Å². The van der Waals surface area contributed by atoms with Crippen LogP contribution in [-0.4, -0.2) is 24.5 Å². The molecule has 0 spiro atoms. The quantitative estimate of drug-likeness (QED) is 0.535. The number of aryl methyl sites for hydroxylation is 3. The maximum atomic E-state index is 4.29. The zero-order chi connectivity index (χ0) is 18.1. The first-order valence-electron chi connectivity index (χ1n) is 8.58. The van der Waals surface area contributed by atoms with E-state index in [0.29, 0.717) is 6.54 Å². The SMILES string of the molecule is Cc1cc(C)c(-n2cc[n+](Cc3cn(-c4ccccn4)nn3)c2)c(C)c1. The monoisotopic (exact) mass is 345 g/mol. The number of rotatable bonds is 4. The molecule has 26 heavy (non-hydrogen) atoms. The number of pyridine rings is 1. The Labute approximate surface area is 152 Å². The van der Waals surface area contributed by atoms with E-state index < -0.39 is 0 Å². The Hall–Kier alpha value is -3.28. The van der Waals surface area contributed by atoms with E-state index in [4.69, 9.17) is 0 Å². The number of hydrogen-bond acceptors (Lipinski definition) is 3. The van der Waals surface area contributed by atoms with Crippen molar-refractivity contribution >= 4 is 0 Å². The Kier molecular flexibility index (Phi) is 4.08. The Balaban J connectivity index is 1.58. The zero-order valence-corrected chi connectivity index (χ0v) is 15.2. The normalized spacial score (nSPS) is 11.0. The second kappa shape index (κ2) is 6.55. The molecule has 0 atom stereocenters. The zero-order valence-electron chi connectivity index (χ0n) is 15.2. The number of imidazole rings is 1. The summed E-state index contributed by atoms with van der Waals surface area (Å²) >= 11 is 0. The van der Waals surface area contributed by atoms with Crippen molar-refractivity contribution < 1.29 is 4.57 Å². The minimum absolute atomic E-state index is 0.657. The first-order chi connectivity index (χ1) is 12.6. The van der Waals surface area contributed by atoms with Crippen molar-refractivity contribution in [2.75, 3.05) is 0 Å². The van der Waals surface area contributed by atoms with Crippen LogP contribution in [0.15, 0.2) is 61.4 Å². The molecule has 0 amide bonds. The molecular weight excluding hydrogens is 324 g/mol. The van der Waals surface area contributed by atoms with Gasteiger partial charge in [0.15, 0.2) is 5.82 Å². The van der Waals surface area contributed by atoms with Gasteiger partial charge in [0, 0.05) is 6.20 Å². The molecule has 1 aromatic carbocycles. The molecule has 0 N–H and O–H groups in total. The number of nitrogens with zero attached hydrogens (tertiary/aromatic N) is 6. The molecular formula is C20H21N6+. The fourth-order valence-electron chi connectivity index (χ4n) is 3.36. The van der Waals surface area contributed by atoms with Gasteiger partial charge in [-0.15, -0.1) is 5.10 Å². The predicted octanol–water partition coefficient (Wildman–Crippen LogP) is 2.71. The van der Waals surface area contributed by atoms with Crippen LogP contribution >= 0.6 is 0 Å². The van der Waals surface area contributed by atoms with Crippen LogP contribution in [0.4, 0.5) is 0 Å². The van der Waals surface area contributed by atoms with E-state index in [1.807, 2.05) is 24.4 Å². The van der Waals surface area contributed by atoms with Crippen LogP contribution in [0.25, 0.3) is 11.5 Å². The van der Waals surface area contributed by atoms with E-state index in [-0.39, 0.29) is 0 Å². The summed E-state index contributed by atoms with van der Waals surface area (Å²) in [6.07, 6.45) is 9.88. The molecule has 6 heteroatoms. The first kappa shape index (κ1) is 16.2. The Morgan fingerprint density at radius 3 is 2.62 bits per heavy atom. The first-order valence-corrected chi connectivity index (χ1v) is 8.58. The average Bonchev–Trinajstić information content (AvgIpc) is 3.25. The van der Waals surface area contributed by atoms with E-state index in [1.165, 1.54) is 22.4 Å². The van der Waals surface area contributed by atoms with Crippen LogP contribution in [0.1, 0.15) is 22.4 Å². The Bertz CT molecular complexity index is 1020. The maximum Gasteiger partial charge on any atom is 0.249 e. The molecule has 4 rings (SSSR count). The summed E-state index contributed by atoms with van der Waals surface area (Å²) in [4.78, 5) is 4.29. The smallest absolute Gasteiger partial charge is 0.237 e. The molecule has 0 fully saturated rings. The number of hydrogen-bond donors (Lipinski definition) is 0. The molecule has 130 valence electrons. The molecule has 0 aliphatic carbocycles. The molecule has 0 saturated carbocycles. The summed E-state index contributed by atoms with van der Waals surface area (Å²) in [5.41, 5.74) is 5.94. The summed E-state index contributed by atoms with van der Waals surface area (Å²) in [6.45, 7) is 7.09. The van der Waals surface area contributed by atoms with Gasteiger partial charge in [0.2, 0.25) is 6.33 Å². The lowest BCUT2D eigenvalue weighted by molar-refractivity contribution is -0.688. The van der Waals surface area contributed by atoms with Crippen molar-refractivity contribution in [2.24, 2.45) is 0 Å². The Morgan fingerprint density at radius 2 is 1.88 bits per heavy atom. The van der Waals surface area contributed by atoms with Crippen LogP contribution in [0, 0.1) is 20.8 Å². The third-order valence-corrected chi connectivity index (χ3v) is 4.35. The van der Waals surface area contributed by atoms with E-state index in [1.54, 1.807) is 10.9 Å². The highest BCUT2D eigenvalue weighted by Gasteiger charge is 2.14. The van der Waals surface area contributed by atoms with Gasteiger partial charge in [-0.25, -0.2) is 18.8 Å². The van der Waals surface area contributed by atoms with Gasteiger partial charge in [0.05, 0.1) is 6.20 Å². The molecule has 3 aromatic heterocycles. The molecule has 0 bridgehead atoms. The highest BCUT2D eigenvalue weighted by Crippen LogP contribution is 2.20. The number of benzene rings is 1. The topological polar surface area (TPSA) is 52.4 Å². The van der Waals surface area contributed by atoms with Crippen LogP contribution in [0.2, 0.25) is 0 Å².